The van der Waals surface area contributed by atoms with Gasteiger partial charge in [-0.25, -0.2) is 0 Å². The van der Waals surface area contributed by atoms with E-state index in [1.54, 1.807) is 0 Å². The molecule has 1 saturated carbocycles. The maximum absolute atomic E-state index is 10.3. The standard InChI is InChI=1S/C17H33NO/c1-12(2)15-5-6-17(19)16(10-15)11-18-8-7-13(3)9-14(18)4/h12-17,19H,5-11H2,1-4H3. The van der Waals surface area contributed by atoms with Crippen LogP contribution in [0.4, 0.5) is 0 Å². The van der Waals surface area contributed by atoms with Crippen molar-refractivity contribution >= 4 is 0 Å². The number of hydrogen-bond acceptors (Lipinski definition) is 2. The van der Waals surface area contributed by atoms with Gasteiger partial charge in [0, 0.05) is 12.6 Å². The molecule has 2 rings (SSSR count). The first-order valence-corrected chi connectivity index (χ1v) is 8.39. The second kappa shape index (κ2) is 6.58. The van der Waals surface area contributed by atoms with E-state index >= 15 is 0 Å². The fraction of sp³-hybridized carbons (Fsp3) is 1.00. The van der Waals surface area contributed by atoms with Crippen molar-refractivity contribution in [3.63, 3.8) is 0 Å². The van der Waals surface area contributed by atoms with Gasteiger partial charge in [-0.05, 0) is 69.2 Å². The van der Waals surface area contributed by atoms with E-state index in [0.29, 0.717) is 12.0 Å². The zero-order chi connectivity index (χ0) is 14.0. The van der Waals surface area contributed by atoms with Gasteiger partial charge in [0.05, 0.1) is 6.10 Å². The topological polar surface area (TPSA) is 23.5 Å². The number of aliphatic hydroxyl groups excluding tert-OH is 1. The van der Waals surface area contributed by atoms with E-state index in [4.69, 9.17) is 0 Å². The Morgan fingerprint density at radius 3 is 2.47 bits per heavy atom. The molecule has 2 nitrogen and oxygen atoms in total. The lowest BCUT2D eigenvalue weighted by Crippen LogP contribution is -2.46. The maximum Gasteiger partial charge on any atom is 0.0580 e. The Balaban J connectivity index is 1.89. The van der Waals surface area contributed by atoms with Crippen molar-refractivity contribution in [3.05, 3.63) is 0 Å². The number of nitrogens with zero attached hydrogens (tertiary/aromatic N) is 1. The summed E-state index contributed by atoms with van der Waals surface area (Å²) in [6.07, 6.45) is 6.09. The van der Waals surface area contributed by atoms with E-state index in [9.17, 15) is 5.11 Å². The highest BCUT2D eigenvalue weighted by molar-refractivity contribution is 4.86. The lowest BCUT2D eigenvalue weighted by molar-refractivity contribution is 0.00270. The van der Waals surface area contributed by atoms with E-state index in [0.717, 1.165) is 30.7 Å². The quantitative estimate of drug-likeness (QED) is 0.845. The second-order valence-electron chi connectivity index (χ2n) is 7.62. The first-order valence-electron chi connectivity index (χ1n) is 8.39. The van der Waals surface area contributed by atoms with Crippen molar-refractivity contribution in [2.24, 2.45) is 23.7 Å². The molecule has 5 atom stereocenters. The lowest BCUT2D eigenvalue weighted by atomic mass is 9.74. The Labute approximate surface area is 119 Å². The average Bonchev–Trinajstić information content (AvgIpc) is 2.34. The average molecular weight is 267 g/mol. The summed E-state index contributed by atoms with van der Waals surface area (Å²) in [7, 11) is 0. The maximum atomic E-state index is 10.3. The number of piperidine rings is 1. The largest absolute Gasteiger partial charge is 0.393 e. The Morgan fingerprint density at radius 2 is 1.84 bits per heavy atom. The van der Waals surface area contributed by atoms with Crippen molar-refractivity contribution in [1.82, 2.24) is 4.90 Å². The molecule has 0 bridgehead atoms. The van der Waals surface area contributed by atoms with Gasteiger partial charge in [-0.15, -0.1) is 0 Å². The van der Waals surface area contributed by atoms with E-state index < -0.39 is 0 Å². The summed E-state index contributed by atoms with van der Waals surface area (Å²) in [6.45, 7) is 11.8. The van der Waals surface area contributed by atoms with Crippen molar-refractivity contribution in [1.29, 1.82) is 0 Å². The molecule has 19 heavy (non-hydrogen) atoms. The number of rotatable bonds is 3. The second-order valence-corrected chi connectivity index (χ2v) is 7.62. The Hall–Kier alpha value is -0.0800. The minimum Gasteiger partial charge on any atom is -0.393 e. The van der Waals surface area contributed by atoms with Gasteiger partial charge in [0.2, 0.25) is 0 Å². The van der Waals surface area contributed by atoms with Crippen molar-refractivity contribution in [2.45, 2.75) is 71.9 Å². The molecule has 1 N–H and O–H groups in total. The van der Waals surface area contributed by atoms with Crippen LogP contribution in [0.3, 0.4) is 0 Å². The molecule has 0 aromatic carbocycles. The molecular formula is C17H33NO. The normalized spacial score (nSPS) is 41.7. The third-order valence-corrected chi connectivity index (χ3v) is 5.67. The van der Waals surface area contributed by atoms with Crippen LogP contribution >= 0.6 is 0 Å². The van der Waals surface area contributed by atoms with E-state index in [2.05, 4.69) is 32.6 Å². The Morgan fingerprint density at radius 1 is 1.11 bits per heavy atom. The predicted molar refractivity (Wildman–Crippen MR) is 81.1 cm³/mol. The first kappa shape index (κ1) is 15.3. The number of likely N-dealkylation sites (tertiary alicyclic amines) is 1. The minimum atomic E-state index is -0.0541. The molecule has 2 aliphatic rings. The Kier molecular flexibility index (Phi) is 5.30. The summed E-state index contributed by atoms with van der Waals surface area (Å²) in [5, 5.41) is 10.3. The summed E-state index contributed by atoms with van der Waals surface area (Å²) in [5.41, 5.74) is 0. The van der Waals surface area contributed by atoms with Crippen molar-refractivity contribution < 1.29 is 5.11 Å². The van der Waals surface area contributed by atoms with Gasteiger partial charge in [-0.1, -0.05) is 20.8 Å². The van der Waals surface area contributed by atoms with Crippen LogP contribution in [0.2, 0.25) is 0 Å². The zero-order valence-corrected chi connectivity index (χ0v) is 13.3. The number of hydrogen-bond donors (Lipinski definition) is 1. The summed E-state index contributed by atoms with van der Waals surface area (Å²) in [5.74, 6) is 2.99. The highest BCUT2D eigenvalue weighted by atomic mass is 16.3. The van der Waals surface area contributed by atoms with Crippen LogP contribution < -0.4 is 0 Å². The van der Waals surface area contributed by atoms with Crippen molar-refractivity contribution in [2.75, 3.05) is 13.1 Å². The molecule has 1 saturated heterocycles. The molecule has 2 heteroatoms. The first-order chi connectivity index (χ1) is 8.97. The summed E-state index contributed by atoms with van der Waals surface area (Å²) >= 11 is 0. The van der Waals surface area contributed by atoms with Gasteiger partial charge in [-0.2, -0.15) is 0 Å². The van der Waals surface area contributed by atoms with Crippen LogP contribution in [0.5, 0.6) is 0 Å². The van der Waals surface area contributed by atoms with Crippen LogP contribution in [0.25, 0.3) is 0 Å². The third kappa shape index (κ3) is 3.95. The van der Waals surface area contributed by atoms with Gasteiger partial charge >= 0.3 is 0 Å². The third-order valence-electron chi connectivity index (χ3n) is 5.67. The molecule has 0 spiro atoms. The SMILES string of the molecule is CC1CCN(CC2CC(C(C)C)CCC2O)C(C)C1. The summed E-state index contributed by atoms with van der Waals surface area (Å²) in [6, 6.07) is 0.704. The zero-order valence-electron chi connectivity index (χ0n) is 13.3. The van der Waals surface area contributed by atoms with Crippen molar-refractivity contribution in [3.8, 4) is 0 Å². The van der Waals surface area contributed by atoms with Gasteiger partial charge in [0.15, 0.2) is 0 Å². The highest BCUT2D eigenvalue weighted by Crippen LogP contribution is 2.35. The minimum absolute atomic E-state index is 0.0541. The molecule has 0 radical (unpaired) electrons. The van der Waals surface area contributed by atoms with Crippen LogP contribution in [-0.2, 0) is 0 Å². The molecule has 5 unspecified atom stereocenters. The fourth-order valence-corrected chi connectivity index (χ4v) is 4.11. The Bertz CT molecular complexity index is 278. The van der Waals surface area contributed by atoms with Gasteiger partial charge in [0.25, 0.3) is 0 Å². The molecule has 1 heterocycles. The van der Waals surface area contributed by atoms with E-state index in [1.807, 2.05) is 0 Å². The van der Waals surface area contributed by atoms with E-state index in [1.165, 1.54) is 32.2 Å². The van der Waals surface area contributed by atoms with Crippen LogP contribution in [0, 0.1) is 23.7 Å². The summed E-state index contributed by atoms with van der Waals surface area (Å²) < 4.78 is 0. The molecular weight excluding hydrogens is 234 g/mol. The lowest BCUT2D eigenvalue weighted by Gasteiger charge is -2.42. The molecule has 0 aromatic heterocycles. The molecule has 1 aliphatic carbocycles. The monoisotopic (exact) mass is 267 g/mol. The fourth-order valence-electron chi connectivity index (χ4n) is 4.11. The van der Waals surface area contributed by atoms with E-state index in [-0.39, 0.29) is 6.10 Å². The molecule has 112 valence electrons. The molecule has 0 aromatic rings. The summed E-state index contributed by atoms with van der Waals surface area (Å²) in [4.78, 5) is 2.64. The van der Waals surface area contributed by atoms with Crippen LogP contribution in [-0.4, -0.2) is 35.2 Å². The predicted octanol–water partition coefficient (Wildman–Crippen LogP) is 3.54. The van der Waals surface area contributed by atoms with Crippen LogP contribution in [0.15, 0.2) is 0 Å². The van der Waals surface area contributed by atoms with Gasteiger partial charge < -0.3 is 10.0 Å². The number of aliphatic hydroxyl groups is 1. The smallest absolute Gasteiger partial charge is 0.0580 e. The molecule has 2 fully saturated rings. The van der Waals surface area contributed by atoms with Crippen LogP contribution in [0.1, 0.15) is 59.8 Å². The van der Waals surface area contributed by atoms with Gasteiger partial charge in [-0.3, -0.25) is 0 Å². The van der Waals surface area contributed by atoms with Gasteiger partial charge in [0.1, 0.15) is 0 Å². The molecule has 0 amide bonds. The highest BCUT2D eigenvalue weighted by Gasteiger charge is 2.33. The molecule has 1 aliphatic heterocycles.